The van der Waals surface area contributed by atoms with E-state index in [4.69, 9.17) is 4.74 Å². The lowest BCUT2D eigenvalue weighted by atomic mass is 10.3. The molecule has 0 radical (unpaired) electrons. The van der Waals surface area contributed by atoms with E-state index in [1.807, 2.05) is 0 Å². The van der Waals surface area contributed by atoms with Crippen LogP contribution in [0, 0.1) is 0 Å². The van der Waals surface area contributed by atoms with Crippen molar-refractivity contribution in [1.82, 2.24) is 14.8 Å². The summed E-state index contributed by atoms with van der Waals surface area (Å²) in [7, 11) is 1.52. The molecule has 0 aliphatic carbocycles. The van der Waals surface area contributed by atoms with E-state index < -0.39 is 0 Å². The van der Waals surface area contributed by atoms with E-state index in [1.165, 1.54) is 18.7 Å². The summed E-state index contributed by atoms with van der Waals surface area (Å²) in [5.74, 6) is 0.297. The maximum atomic E-state index is 11.1. The van der Waals surface area contributed by atoms with E-state index in [0.717, 1.165) is 5.39 Å². The Hall–Kier alpha value is -1.91. The van der Waals surface area contributed by atoms with Gasteiger partial charge in [0.25, 0.3) is 0 Å². The molecule has 5 nitrogen and oxygen atoms in total. The third-order valence-corrected chi connectivity index (χ3v) is 1.91. The maximum absolute atomic E-state index is 11.1. The summed E-state index contributed by atoms with van der Waals surface area (Å²) in [6, 6.07) is 1.78. The fourth-order valence-corrected chi connectivity index (χ4v) is 1.23. The number of aromatic nitrogens is 3. The van der Waals surface area contributed by atoms with Crippen LogP contribution in [0.2, 0.25) is 0 Å². The van der Waals surface area contributed by atoms with Gasteiger partial charge in [-0.25, -0.2) is 9.67 Å². The van der Waals surface area contributed by atoms with Crippen LogP contribution in [0.15, 0.2) is 18.5 Å². The molecule has 2 aromatic rings. The molecule has 0 aromatic carbocycles. The molecule has 0 saturated carbocycles. The normalized spacial score (nSPS) is 10.4. The Kier molecular flexibility index (Phi) is 1.92. The first-order chi connectivity index (χ1) is 6.72. The van der Waals surface area contributed by atoms with Crippen LogP contribution in [-0.4, -0.2) is 27.8 Å². The molecule has 2 aromatic heterocycles. The van der Waals surface area contributed by atoms with Crippen molar-refractivity contribution in [3.63, 3.8) is 0 Å². The molecule has 14 heavy (non-hydrogen) atoms. The third kappa shape index (κ3) is 1.22. The van der Waals surface area contributed by atoms with Crippen molar-refractivity contribution < 1.29 is 9.53 Å². The molecule has 0 atom stereocenters. The van der Waals surface area contributed by atoms with Gasteiger partial charge in [0.1, 0.15) is 0 Å². The molecular weight excluding hydrogens is 182 g/mol. The zero-order chi connectivity index (χ0) is 10.1. The summed E-state index contributed by atoms with van der Waals surface area (Å²) in [6.07, 6.45) is 3.27. The number of ether oxygens (including phenoxy) is 1. The Morgan fingerprint density at radius 2 is 2.36 bits per heavy atom. The number of carbonyl (C=O) groups is 1. The second kappa shape index (κ2) is 3.10. The van der Waals surface area contributed by atoms with Crippen molar-refractivity contribution in [3.8, 4) is 5.88 Å². The van der Waals surface area contributed by atoms with Crippen LogP contribution >= 0.6 is 0 Å². The Balaban J connectivity index is 2.70. The van der Waals surface area contributed by atoms with Crippen molar-refractivity contribution >= 4 is 16.8 Å². The quantitative estimate of drug-likeness (QED) is 0.677. The number of methoxy groups -OCH3 is 1. The minimum absolute atomic E-state index is 0.136. The predicted molar refractivity (Wildman–Crippen MR) is 50.4 cm³/mol. The number of carbonyl (C=O) groups excluding carboxylic acids is 1. The van der Waals surface area contributed by atoms with Crippen LogP contribution in [0.3, 0.4) is 0 Å². The highest BCUT2D eigenvalue weighted by molar-refractivity contribution is 5.86. The van der Waals surface area contributed by atoms with Gasteiger partial charge in [0.05, 0.1) is 7.11 Å². The lowest BCUT2D eigenvalue weighted by Crippen LogP contribution is -2.05. The molecular formula is C9H9N3O2. The first-order valence-electron chi connectivity index (χ1n) is 4.11. The number of hydrogen-bond acceptors (Lipinski definition) is 4. The van der Waals surface area contributed by atoms with Gasteiger partial charge < -0.3 is 4.74 Å². The smallest absolute Gasteiger partial charge is 0.243 e. The molecule has 0 spiro atoms. The standard InChI is InChI=1S/C9H9N3O2/c1-6(13)12-5-7-3-4-10-9(14-2)8(7)11-12/h3-5H,1-2H3. The largest absolute Gasteiger partial charge is 0.479 e. The Labute approximate surface area is 80.3 Å². The average Bonchev–Trinajstić information content (AvgIpc) is 2.60. The van der Waals surface area contributed by atoms with Gasteiger partial charge in [-0.05, 0) is 6.07 Å². The molecule has 0 N–H and O–H groups in total. The van der Waals surface area contributed by atoms with Crippen LogP contribution in [0.25, 0.3) is 10.9 Å². The minimum atomic E-state index is -0.136. The summed E-state index contributed by atoms with van der Waals surface area (Å²) in [5, 5.41) is 4.90. The van der Waals surface area contributed by atoms with Gasteiger partial charge in [0, 0.05) is 24.7 Å². The monoisotopic (exact) mass is 191 g/mol. The van der Waals surface area contributed by atoms with Gasteiger partial charge in [0.15, 0.2) is 5.52 Å². The first-order valence-corrected chi connectivity index (χ1v) is 4.11. The first kappa shape index (κ1) is 8.68. The highest BCUT2D eigenvalue weighted by atomic mass is 16.5. The van der Waals surface area contributed by atoms with Gasteiger partial charge in [-0.1, -0.05) is 0 Å². The van der Waals surface area contributed by atoms with E-state index in [2.05, 4.69) is 10.1 Å². The van der Waals surface area contributed by atoms with Gasteiger partial charge in [-0.15, -0.1) is 0 Å². The summed E-state index contributed by atoms with van der Waals surface area (Å²) in [4.78, 5) is 15.0. The molecule has 0 saturated heterocycles. The SMILES string of the molecule is COc1nccc2cn(C(C)=O)nc12. The summed E-state index contributed by atoms with van der Waals surface area (Å²) < 4.78 is 6.29. The molecule has 0 amide bonds. The van der Waals surface area contributed by atoms with Gasteiger partial charge in [-0.2, -0.15) is 5.10 Å². The topological polar surface area (TPSA) is 57.0 Å². The Morgan fingerprint density at radius 3 is 3.00 bits per heavy atom. The van der Waals surface area contributed by atoms with Crippen molar-refractivity contribution in [3.05, 3.63) is 18.5 Å². The molecule has 2 heterocycles. The molecule has 0 fully saturated rings. The predicted octanol–water partition coefficient (Wildman–Crippen LogP) is 1.10. The number of nitrogens with zero attached hydrogens (tertiary/aromatic N) is 3. The number of rotatable bonds is 1. The fourth-order valence-electron chi connectivity index (χ4n) is 1.23. The third-order valence-electron chi connectivity index (χ3n) is 1.91. The fraction of sp³-hybridized carbons (Fsp3) is 0.222. The minimum Gasteiger partial charge on any atom is -0.479 e. The van der Waals surface area contributed by atoms with Gasteiger partial charge >= 0.3 is 0 Å². The summed E-state index contributed by atoms with van der Waals surface area (Å²) >= 11 is 0. The van der Waals surface area contributed by atoms with E-state index in [9.17, 15) is 4.79 Å². The Morgan fingerprint density at radius 1 is 1.57 bits per heavy atom. The number of fused-ring (bicyclic) bond motifs is 1. The van der Waals surface area contributed by atoms with Crippen LogP contribution in [0.4, 0.5) is 0 Å². The van der Waals surface area contributed by atoms with E-state index >= 15 is 0 Å². The zero-order valence-electron chi connectivity index (χ0n) is 7.89. The lowest BCUT2D eigenvalue weighted by Gasteiger charge is -1.96. The average molecular weight is 191 g/mol. The zero-order valence-corrected chi connectivity index (χ0v) is 7.89. The van der Waals surface area contributed by atoms with Crippen LogP contribution in [0.5, 0.6) is 5.88 Å². The number of hydrogen-bond donors (Lipinski definition) is 0. The van der Waals surface area contributed by atoms with Crippen molar-refractivity contribution in [2.24, 2.45) is 0 Å². The van der Waals surface area contributed by atoms with Gasteiger partial charge in [-0.3, -0.25) is 4.79 Å². The lowest BCUT2D eigenvalue weighted by molar-refractivity contribution is 0.0922. The Bertz CT molecular complexity index is 490. The molecule has 2 rings (SSSR count). The van der Waals surface area contributed by atoms with Crippen LogP contribution < -0.4 is 4.74 Å². The maximum Gasteiger partial charge on any atom is 0.243 e. The van der Waals surface area contributed by atoms with E-state index in [0.29, 0.717) is 11.4 Å². The second-order valence-corrected chi connectivity index (χ2v) is 2.85. The summed E-state index contributed by atoms with van der Waals surface area (Å²) in [6.45, 7) is 1.45. The molecule has 0 aliphatic rings. The molecule has 0 unspecified atom stereocenters. The van der Waals surface area contributed by atoms with Crippen LogP contribution in [0.1, 0.15) is 11.7 Å². The van der Waals surface area contributed by atoms with Gasteiger partial charge in [0.2, 0.25) is 11.8 Å². The molecule has 0 bridgehead atoms. The van der Waals surface area contributed by atoms with Crippen molar-refractivity contribution in [2.75, 3.05) is 7.11 Å². The van der Waals surface area contributed by atoms with Crippen molar-refractivity contribution in [1.29, 1.82) is 0 Å². The number of pyridine rings is 1. The van der Waals surface area contributed by atoms with E-state index in [1.54, 1.807) is 18.5 Å². The van der Waals surface area contributed by atoms with Crippen LogP contribution in [-0.2, 0) is 0 Å². The molecule has 0 aliphatic heterocycles. The summed E-state index contributed by atoms with van der Waals surface area (Å²) in [5.41, 5.74) is 0.602. The van der Waals surface area contributed by atoms with E-state index in [-0.39, 0.29) is 5.91 Å². The second-order valence-electron chi connectivity index (χ2n) is 2.85. The molecule has 72 valence electrons. The van der Waals surface area contributed by atoms with Crippen molar-refractivity contribution in [2.45, 2.75) is 6.92 Å². The highest BCUT2D eigenvalue weighted by Crippen LogP contribution is 2.20. The molecule has 5 heteroatoms. The highest BCUT2D eigenvalue weighted by Gasteiger charge is 2.08.